The highest BCUT2D eigenvalue weighted by molar-refractivity contribution is 5.81. The van der Waals surface area contributed by atoms with Crippen LogP contribution in [0.5, 0.6) is 23.0 Å². The maximum Gasteiger partial charge on any atom is 0.249 e. The Labute approximate surface area is 230 Å². The largest absolute Gasteiger partial charge is 0.497 e. The number of carbonyl (C=O) groups excluding carboxylic acids is 1. The number of hydrogen-bond acceptors (Lipinski definition) is 7. The monoisotopic (exact) mass is 535 g/mol. The van der Waals surface area contributed by atoms with Crippen LogP contribution in [-0.4, -0.2) is 51.6 Å². The zero-order valence-electron chi connectivity index (χ0n) is 23.6. The van der Waals surface area contributed by atoms with Gasteiger partial charge in [-0.05, 0) is 29.7 Å². The van der Waals surface area contributed by atoms with Crippen LogP contribution in [0.2, 0.25) is 0 Å². The molecule has 8 heteroatoms. The second-order valence-corrected chi connectivity index (χ2v) is 9.35. The third-order valence-corrected chi connectivity index (χ3v) is 7.73. The van der Waals surface area contributed by atoms with Crippen LogP contribution in [0.4, 0.5) is 0 Å². The molecule has 208 valence electrons. The normalized spacial score (nSPS) is 24.4. The van der Waals surface area contributed by atoms with Gasteiger partial charge in [0.1, 0.15) is 28.6 Å². The van der Waals surface area contributed by atoms with Gasteiger partial charge in [0.15, 0.2) is 5.60 Å². The fraction of sp³-hybridized carbons (Fsp3) is 0.387. The molecule has 1 fully saturated rings. The van der Waals surface area contributed by atoms with E-state index in [1.54, 1.807) is 33.4 Å². The van der Waals surface area contributed by atoms with Crippen molar-refractivity contribution < 1.29 is 33.7 Å². The molecule has 0 bridgehead atoms. The van der Waals surface area contributed by atoms with Crippen LogP contribution in [0.25, 0.3) is 0 Å². The number of hydrogen-bond donors (Lipinski definition) is 1. The van der Waals surface area contributed by atoms with E-state index < -0.39 is 23.0 Å². The Morgan fingerprint density at radius 2 is 1.56 bits per heavy atom. The van der Waals surface area contributed by atoms with Gasteiger partial charge in [-0.15, -0.1) is 0 Å². The number of ether oxygens (including phenoxy) is 4. The minimum Gasteiger partial charge on any atom is -0.497 e. The predicted octanol–water partition coefficient (Wildman–Crippen LogP) is 5.04. The molecule has 5 rings (SSSR count). The standard InChI is InChI=1S/C29H31NO7.C2H6/c1-30(36-5)27(31)22-17-28(32)26-23(35-4)15-21(34-3)16-24(26)37-29(28,19-11-13-20(33-2)14-12-19)25(22)18-9-7-6-8-10-18;1-2/h6-16,22,25,32H,17H2,1-5H3;1-2H3/t22-,25?,28?,29?;/m0./s1. The molecule has 39 heavy (non-hydrogen) atoms. The van der Waals surface area contributed by atoms with Crippen molar-refractivity contribution in [2.24, 2.45) is 5.92 Å². The predicted molar refractivity (Wildman–Crippen MR) is 147 cm³/mol. The summed E-state index contributed by atoms with van der Waals surface area (Å²) in [6.45, 7) is 4.00. The highest BCUT2D eigenvalue weighted by atomic mass is 16.7. The summed E-state index contributed by atoms with van der Waals surface area (Å²) >= 11 is 0. The van der Waals surface area contributed by atoms with Crippen LogP contribution >= 0.6 is 0 Å². The van der Waals surface area contributed by atoms with Gasteiger partial charge in [0.25, 0.3) is 0 Å². The van der Waals surface area contributed by atoms with Crippen molar-refractivity contribution >= 4 is 5.91 Å². The summed E-state index contributed by atoms with van der Waals surface area (Å²) in [5.74, 6) is 0.574. The van der Waals surface area contributed by atoms with Gasteiger partial charge < -0.3 is 24.1 Å². The average Bonchev–Trinajstić information content (AvgIpc) is 3.40. The number of carbonyl (C=O) groups is 1. The quantitative estimate of drug-likeness (QED) is 0.424. The molecule has 1 heterocycles. The van der Waals surface area contributed by atoms with E-state index in [9.17, 15) is 9.90 Å². The minimum atomic E-state index is -1.62. The zero-order chi connectivity index (χ0) is 28.4. The summed E-state index contributed by atoms with van der Waals surface area (Å²) in [5.41, 5.74) is -0.933. The second kappa shape index (κ2) is 11.2. The molecular formula is C31H37NO7. The molecule has 0 saturated heterocycles. The zero-order valence-corrected chi connectivity index (χ0v) is 23.6. The van der Waals surface area contributed by atoms with E-state index in [4.69, 9.17) is 23.8 Å². The molecule has 0 aromatic heterocycles. The van der Waals surface area contributed by atoms with Gasteiger partial charge in [0.05, 0.1) is 39.9 Å². The van der Waals surface area contributed by atoms with E-state index in [-0.39, 0.29) is 12.3 Å². The Morgan fingerprint density at radius 1 is 0.923 bits per heavy atom. The summed E-state index contributed by atoms with van der Waals surface area (Å²) in [7, 11) is 7.72. The molecule has 2 aliphatic rings. The van der Waals surface area contributed by atoms with Crippen molar-refractivity contribution in [1.82, 2.24) is 5.06 Å². The molecule has 1 saturated carbocycles. The molecule has 4 atom stereocenters. The number of aliphatic hydroxyl groups is 1. The van der Waals surface area contributed by atoms with Crippen molar-refractivity contribution in [1.29, 1.82) is 0 Å². The first-order valence-corrected chi connectivity index (χ1v) is 13.0. The molecule has 1 N–H and O–H groups in total. The number of rotatable bonds is 7. The maximum absolute atomic E-state index is 13.7. The first kappa shape index (κ1) is 28.3. The minimum absolute atomic E-state index is 0.0841. The summed E-state index contributed by atoms with van der Waals surface area (Å²) in [5, 5.41) is 14.0. The highest BCUT2D eigenvalue weighted by Crippen LogP contribution is 2.70. The number of methoxy groups -OCH3 is 3. The van der Waals surface area contributed by atoms with Gasteiger partial charge in [-0.1, -0.05) is 56.3 Å². The second-order valence-electron chi connectivity index (χ2n) is 9.35. The average molecular weight is 536 g/mol. The fourth-order valence-electron chi connectivity index (χ4n) is 6.07. The van der Waals surface area contributed by atoms with Gasteiger partial charge in [-0.3, -0.25) is 9.63 Å². The lowest BCUT2D eigenvalue weighted by molar-refractivity contribution is -0.174. The summed E-state index contributed by atoms with van der Waals surface area (Å²) in [6.07, 6.45) is 0.0841. The third kappa shape index (κ3) is 4.28. The van der Waals surface area contributed by atoms with Crippen LogP contribution < -0.4 is 18.9 Å². The lowest BCUT2D eigenvalue weighted by atomic mass is 9.70. The van der Waals surface area contributed by atoms with E-state index in [1.807, 2.05) is 68.4 Å². The van der Waals surface area contributed by atoms with Gasteiger partial charge >= 0.3 is 0 Å². The third-order valence-electron chi connectivity index (χ3n) is 7.73. The number of amides is 1. The fourth-order valence-corrected chi connectivity index (χ4v) is 6.07. The van der Waals surface area contributed by atoms with E-state index in [1.165, 1.54) is 19.3 Å². The van der Waals surface area contributed by atoms with Gasteiger partial charge in [-0.2, -0.15) is 0 Å². The molecule has 0 radical (unpaired) electrons. The van der Waals surface area contributed by atoms with Gasteiger partial charge in [0.2, 0.25) is 5.91 Å². The van der Waals surface area contributed by atoms with E-state index in [0.29, 0.717) is 34.1 Å². The molecule has 3 unspecified atom stereocenters. The lowest BCUT2D eigenvalue weighted by Gasteiger charge is -2.41. The van der Waals surface area contributed by atoms with E-state index in [2.05, 4.69) is 0 Å². The first-order valence-electron chi connectivity index (χ1n) is 13.0. The number of benzene rings is 3. The topological polar surface area (TPSA) is 86.7 Å². The van der Waals surface area contributed by atoms with E-state index >= 15 is 0 Å². The van der Waals surface area contributed by atoms with E-state index in [0.717, 1.165) is 5.56 Å². The Morgan fingerprint density at radius 3 is 2.13 bits per heavy atom. The Hall–Kier alpha value is -3.75. The lowest BCUT2D eigenvalue weighted by Crippen LogP contribution is -2.48. The van der Waals surface area contributed by atoms with Crippen LogP contribution in [-0.2, 0) is 20.8 Å². The van der Waals surface area contributed by atoms with Gasteiger partial charge in [-0.25, -0.2) is 5.06 Å². The molecule has 0 spiro atoms. The summed E-state index contributed by atoms with van der Waals surface area (Å²) in [6, 6.07) is 20.5. The summed E-state index contributed by atoms with van der Waals surface area (Å²) in [4.78, 5) is 19.0. The molecule has 1 amide bonds. The van der Waals surface area contributed by atoms with Crippen LogP contribution in [0, 0.1) is 5.92 Å². The van der Waals surface area contributed by atoms with Crippen molar-refractivity contribution in [3.63, 3.8) is 0 Å². The number of fused-ring (bicyclic) bond motifs is 3. The smallest absolute Gasteiger partial charge is 0.249 e. The maximum atomic E-state index is 13.7. The Balaban J connectivity index is 0.00000172. The Kier molecular flexibility index (Phi) is 8.09. The molecule has 8 nitrogen and oxygen atoms in total. The van der Waals surface area contributed by atoms with Crippen molar-refractivity contribution in [3.05, 3.63) is 83.4 Å². The molecular weight excluding hydrogens is 498 g/mol. The highest BCUT2D eigenvalue weighted by Gasteiger charge is 2.73. The number of hydroxylamine groups is 2. The summed E-state index contributed by atoms with van der Waals surface area (Å²) < 4.78 is 23.5. The van der Waals surface area contributed by atoms with Crippen LogP contribution in [0.3, 0.4) is 0 Å². The SMILES string of the molecule is CC.COc1ccc(C23Oc4cc(OC)cc(OC)c4C2(O)C[C@H](C(=O)N(C)OC)C3c2ccccc2)cc1. The number of nitrogens with zero attached hydrogens (tertiary/aromatic N) is 1. The van der Waals surface area contributed by atoms with Crippen molar-refractivity contribution in [2.45, 2.75) is 37.4 Å². The van der Waals surface area contributed by atoms with Crippen LogP contribution in [0.15, 0.2) is 66.7 Å². The first-order chi connectivity index (χ1) is 18.8. The molecule has 1 aliphatic heterocycles. The van der Waals surface area contributed by atoms with Crippen LogP contribution in [0.1, 0.15) is 42.9 Å². The molecule has 3 aromatic carbocycles. The van der Waals surface area contributed by atoms with Gasteiger partial charge in [0, 0.05) is 25.1 Å². The molecule has 1 aliphatic carbocycles. The Bertz CT molecular complexity index is 1300. The van der Waals surface area contributed by atoms with Crippen molar-refractivity contribution in [2.75, 3.05) is 35.5 Å². The van der Waals surface area contributed by atoms with Crippen molar-refractivity contribution in [3.8, 4) is 23.0 Å². The molecule has 3 aromatic rings.